The lowest BCUT2D eigenvalue weighted by Crippen LogP contribution is -2.09. The molecule has 0 saturated heterocycles. The van der Waals surface area contributed by atoms with Crippen LogP contribution in [0.1, 0.15) is 49.3 Å². The second-order valence-corrected chi connectivity index (χ2v) is 8.85. The van der Waals surface area contributed by atoms with Crippen molar-refractivity contribution < 1.29 is 22.3 Å². The summed E-state index contributed by atoms with van der Waals surface area (Å²) in [6.07, 6.45) is 5.14. The number of hydrogen-bond donors (Lipinski definition) is 0. The van der Waals surface area contributed by atoms with Gasteiger partial charge in [-0.1, -0.05) is 48.0 Å². The van der Waals surface area contributed by atoms with E-state index in [0.29, 0.717) is 36.8 Å². The molecule has 0 aliphatic heterocycles. The van der Waals surface area contributed by atoms with Crippen LogP contribution in [0.15, 0.2) is 54.6 Å². The van der Waals surface area contributed by atoms with Crippen LogP contribution in [0.25, 0.3) is 16.7 Å². The van der Waals surface area contributed by atoms with E-state index in [-0.39, 0.29) is 29.4 Å². The zero-order chi connectivity index (χ0) is 24.2. The molecule has 0 heterocycles. The van der Waals surface area contributed by atoms with Crippen LogP contribution in [0.3, 0.4) is 0 Å². The van der Waals surface area contributed by atoms with Crippen LogP contribution in [0.5, 0.6) is 5.75 Å². The molecule has 0 radical (unpaired) electrons. The van der Waals surface area contributed by atoms with Gasteiger partial charge < -0.3 is 4.74 Å². The molecule has 5 heteroatoms. The molecule has 178 valence electrons. The topological polar surface area (TPSA) is 9.23 Å². The van der Waals surface area contributed by atoms with Crippen molar-refractivity contribution >= 4 is 5.57 Å². The SMILES string of the molecule is CCOc1ccc(C2=CCC(CCc3ccc(-c4ccc(C)cc4)c(F)c3F)CC2)c(F)c1F. The van der Waals surface area contributed by atoms with Crippen molar-refractivity contribution in [2.24, 2.45) is 5.92 Å². The van der Waals surface area contributed by atoms with E-state index in [2.05, 4.69) is 0 Å². The summed E-state index contributed by atoms with van der Waals surface area (Å²) in [5, 5.41) is 0. The number of rotatable bonds is 7. The molecule has 3 aromatic carbocycles. The molecule has 0 fully saturated rings. The zero-order valence-corrected chi connectivity index (χ0v) is 19.4. The smallest absolute Gasteiger partial charge is 0.201 e. The summed E-state index contributed by atoms with van der Waals surface area (Å²) in [4.78, 5) is 0. The average Bonchev–Trinajstić information content (AvgIpc) is 2.84. The maximum absolute atomic E-state index is 14.8. The predicted molar refractivity (Wildman–Crippen MR) is 128 cm³/mol. The van der Waals surface area contributed by atoms with Gasteiger partial charge in [-0.3, -0.25) is 0 Å². The lowest BCUT2D eigenvalue weighted by Gasteiger charge is -2.23. The van der Waals surface area contributed by atoms with Gasteiger partial charge in [0.1, 0.15) is 0 Å². The summed E-state index contributed by atoms with van der Waals surface area (Å²) >= 11 is 0. The minimum Gasteiger partial charge on any atom is -0.491 e. The highest BCUT2D eigenvalue weighted by molar-refractivity contribution is 5.68. The van der Waals surface area contributed by atoms with Crippen molar-refractivity contribution in [2.75, 3.05) is 6.61 Å². The van der Waals surface area contributed by atoms with E-state index in [0.717, 1.165) is 17.6 Å². The average molecular weight is 469 g/mol. The predicted octanol–water partition coefficient (Wildman–Crippen LogP) is 8.43. The summed E-state index contributed by atoms with van der Waals surface area (Å²) in [7, 11) is 0. The third kappa shape index (κ3) is 5.03. The third-order valence-electron chi connectivity index (χ3n) is 6.56. The van der Waals surface area contributed by atoms with Crippen LogP contribution in [-0.2, 0) is 6.42 Å². The Morgan fingerprint density at radius 2 is 1.53 bits per heavy atom. The summed E-state index contributed by atoms with van der Waals surface area (Å²) in [6.45, 7) is 3.92. The zero-order valence-electron chi connectivity index (χ0n) is 19.4. The van der Waals surface area contributed by atoms with Gasteiger partial charge in [-0.05, 0) is 80.7 Å². The molecular weight excluding hydrogens is 440 g/mol. The van der Waals surface area contributed by atoms with Crippen molar-refractivity contribution in [3.63, 3.8) is 0 Å². The lowest BCUT2D eigenvalue weighted by molar-refractivity contribution is 0.314. The number of hydrogen-bond acceptors (Lipinski definition) is 1. The quantitative estimate of drug-likeness (QED) is 0.316. The Balaban J connectivity index is 1.41. The fourth-order valence-corrected chi connectivity index (χ4v) is 4.54. The Kier molecular flexibility index (Phi) is 7.40. The summed E-state index contributed by atoms with van der Waals surface area (Å²) < 4.78 is 63.4. The monoisotopic (exact) mass is 468 g/mol. The maximum Gasteiger partial charge on any atom is 0.201 e. The van der Waals surface area contributed by atoms with Gasteiger partial charge in [0.2, 0.25) is 5.82 Å². The van der Waals surface area contributed by atoms with Crippen LogP contribution in [-0.4, -0.2) is 6.61 Å². The van der Waals surface area contributed by atoms with Crippen molar-refractivity contribution in [1.82, 2.24) is 0 Å². The normalized spacial score (nSPS) is 15.8. The molecule has 4 rings (SSSR count). The van der Waals surface area contributed by atoms with Gasteiger partial charge in [-0.2, -0.15) is 4.39 Å². The van der Waals surface area contributed by atoms with Crippen LogP contribution in [0, 0.1) is 36.1 Å². The van der Waals surface area contributed by atoms with Crippen molar-refractivity contribution in [3.05, 3.63) is 94.6 Å². The second-order valence-electron chi connectivity index (χ2n) is 8.85. The molecule has 0 spiro atoms. The maximum atomic E-state index is 14.8. The van der Waals surface area contributed by atoms with Gasteiger partial charge in [0, 0.05) is 11.1 Å². The van der Waals surface area contributed by atoms with E-state index in [1.54, 1.807) is 37.3 Å². The number of halogens is 4. The molecule has 0 aromatic heterocycles. The van der Waals surface area contributed by atoms with Crippen LogP contribution >= 0.6 is 0 Å². The number of ether oxygens (including phenoxy) is 1. The van der Waals surface area contributed by atoms with Gasteiger partial charge in [0.15, 0.2) is 23.2 Å². The molecule has 0 bridgehead atoms. The molecule has 0 amide bonds. The van der Waals surface area contributed by atoms with E-state index in [4.69, 9.17) is 4.74 Å². The first-order chi connectivity index (χ1) is 16.4. The van der Waals surface area contributed by atoms with Crippen LogP contribution in [0.2, 0.25) is 0 Å². The van der Waals surface area contributed by atoms with Crippen molar-refractivity contribution in [2.45, 2.75) is 46.0 Å². The highest BCUT2D eigenvalue weighted by Gasteiger charge is 2.22. The standard InChI is InChI=1S/C29H28F4O/c1-3-34-25-17-16-24(28(32)29(25)33)21-11-6-19(7-12-21)8-13-22-14-15-23(27(31)26(22)30)20-9-4-18(2)5-10-20/h4-5,9-11,14-17,19H,3,6-8,12-13H2,1-2H3. The van der Waals surface area contributed by atoms with Gasteiger partial charge >= 0.3 is 0 Å². The molecule has 1 atom stereocenters. The Morgan fingerprint density at radius 3 is 2.21 bits per heavy atom. The Hall–Kier alpha value is -3.08. The summed E-state index contributed by atoms with van der Waals surface area (Å²) in [6, 6.07) is 13.6. The fraction of sp³-hybridized carbons (Fsp3) is 0.310. The molecule has 1 unspecified atom stereocenters. The molecule has 0 saturated carbocycles. The van der Waals surface area contributed by atoms with Gasteiger partial charge in [-0.15, -0.1) is 0 Å². The molecular formula is C29H28F4O. The minimum atomic E-state index is -0.964. The summed E-state index contributed by atoms with van der Waals surface area (Å²) in [5.41, 5.74) is 3.37. The summed E-state index contributed by atoms with van der Waals surface area (Å²) in [5.74, 6) is -3.27. The van der Waals surface area contributed by atoms with Gasteiger partial charge in [0.25, 0.3) is 0 Å². The Morgan fingerprint density at radius 1 is 0.824 bits per heavy atom. The Labute approximate surface area is 198 Å². The van der Waals surface area contributed by atoms with Crippen molar-refractivity contribution in [3.8, 4) is 16.9 Å². The second kappa shape index (κ2) is 10.5. The Bertz CT molecular complexity index is 1200. The van der Waals surface area contributed by atoms with E-state index in [1.165, 1.54) is 6.07 Å². The van der Waals surface area contributed by atoms with Crippen molar-refractivity contribution in [1.29, 1.82) is 0 Å². The van der Waals surface area contributed by atoms with E-state index in [1.807, 2.05) is 25.1 Å². The molecule has 1 aliphatic rings. The van der Waals surface area contributed by atoms with Gasteiger partial charge in [0.05, 0.1) is 6.61 Å². The van der Waals surface area contributed by atoms with E-state index in [9.17, 15) is 17.6 Å². The molecule has 0 N–H and O–H groups in total. The first kappa shape index (κ1) is 24.1. The van der Waals surface area contributed by atoms with E-state index >= 15 is 0 Å². The van der Waals surface area contributed by atoms with Gasteiger partial charge in [-0.25, -0.2) is 13.2 Å². The van der Waals surface area contributed by atoms with Crippen LogP contribution < -0.4 is 4.74 Å². The largest absolute Gasteiger partial charge is 0.491 e. The third-order valence-corrected chi connectivity index (χ3v) is 6.56. The minimum absolute atomic E-state index is 0.0827. The number of allylic oxidation sites excluding steroid dienone is 2. The molecule has 1 aliphatic carbocycles. The van der Waals surface area contributed by atoms with E-state index < -0.39 is 23.3 Å². The molecule has 1 nitrogen and oxygen atoms in total. The fourth-order valence-electron chi connectivity index (χ4n) is 4.54. The molecule has 34 heavy (non-hydrogen) atoms. The number of aryl methyl sites for hydroxylation is 2. The number of benzene rings is 3. The first-order valence-electron chi connectivity index (χ1n) is 11.7. The highest BCUT2D eigenvalue weighted by atomic mass is 19.2. The van der Waals surface area contributed by atoms with Crippen LogP contribution in [0.4, 0.5) is 17.6 Å². The molecule has 3 aromatic rings. The lowest BCUT2D eigenvalue weighted by atomic mass is 9.83. The highest BCUT2D eigenvalue weighted by Crippen LogP contribution is 2.36. The first-order valence-corrected chi connectivity index (χ1v) is 11.7.